The Balaban J connectivity index is 2.40. The monoisotopic (exact) mass is 394 g/mol. The van der Waals surface area contributed by atoms with Gasteiger partial charge in [-0.15, -0.1) is 0 Å². The first-order chi connectivity index (χ1) is 10.5. The van der Waals surface area contributed by atoms with Crippen molar-refractivity contribution in [2.75, 3.05) is 13.1 Å². The molecular weight excluding hydrogens is 374 g/mol. The quantitative estimate of drug-likeness (QED) is 0.691. The zero-order chi connectivity index (χ0) is 17.7. The van der Waals surface area contributed by atoms with Crippen molar-refractivity contribution in [3.8, 4) is 5.75 Å². The van der Waals surface area contributed by atoms with Gasteiger partial charge in [-0.3, -0.25) is 0 Å². The second kappa shape index (κ2) is 7.92. The zero-order valence-electron chi connectivity index (χ0n) is 13.3. The van der Waals surface area contributed by atoms with Gasteiger partial charge in [0.25, 0.3) is 5.92 Å². The summed E-state index contributed by atoms with van der Waals surface area (Å²) in [4.78, 5) is 11.4. The zero-order valence-corrected chi connectivity index (χ0v) is 14.8. The first-order valence-corrected chi connectivity index (χ1v) is 7.81. The van der Waals surface area contributed by atoms with E-state index in [1.54, 1.807) is 32.9 Å². The van der Waals surface area contributed by atoms with E-state index in [-0.39, 0.29) is 12.3 Å². The minimum Gasteiger partial charge on any atom is -0.508 e. The molecule has 0 heterocycles. The van der Waals surface area contributed by atoms with E-state index < -0.39 is 30.7 Å². The molecule has 0 bridgehead atoms. The molecule has 0 unspecified atom stereocenters. The summed E-state index contributed by atoms with van der Waals surface area (Å²) >= 11 is 3.24. The standard InChI is InChI=1S/C15H21BrF2N2O3/c1-14(2,3)23-13(22)20-9-15(17,18)8-19-7-10-6-11(16)4-5-12(10)21/h4-6,19,21H,7-9H2,1-3H3,(H,20,22). The molecule has 0 aliphatic rings. The predicted molar refractivity (Wildman–Crippen MR) is 86.7 cm³/mol. The van der Waals surface area contributed by atoms with Gasteiger partial charge >= 0.3 is 6.09 Å². The third-order valence-electron chi connectivity index (χ3n) is 2.63. The first-order valence-electron chi connectivity index (χ1n) is 7.01. The smallest absolute Gasteiger partial charge is 0.407 e. The highest BCUT2D eigenvalue weighted by atomic mass is 79.9. The number of carbonyl (C=O) groups is 1. The lowest BCUT2D eigenvalue weighted by molar-refractivity contribution is -0.00379. The molecule has 0 aliphatic heterocycles. The minimum absolute atomic E-state index is 0.0240. The molecule has 1 aromatic carbocycles. The maximum atomic E-state index is 13.7. The number of hydrogen-bond donors (Lipinski definition) is 3. The minimum atomic E-state index is -3.14. The fraction of sp³-hybridized carbons (Fsp3) is 0.533. The Morgan fingerprint density at radius 3 is 2.57 bits per heavy atom. The number of phenols is 1. The number of phenolic OH excluding ortho intramolecular Hbond substituents is 1. The lowest BCUT2D eigenvalue weighted by atomic mass is 10.2. The molecule has 1 rings (SSSR count). The van der Waals surface area contributed by atoms with Crippen molar-refractivity contribution in [2.24, 2.45) is 0 Å². The lowest BCUT2D eigenvalue weighted by Gasteiger charge is -2.22. The maximum absolute atomic E-state index is 13.7. The number of rotatable bonds is 6. The van der Waals surface area contributed by atoms with E-state index in [0.29, 0.717) is 5.56 Å². The number of alkyl carbamates (subject to hydrolysis) is 1. The molecule has 0 aromatic heterocycles. The van der Waals surface area contributed by atoms with Crippen molar-refractivity contribution in [2.45, 2.75) is 38.8 Å². The number of amides is 1. The normalized spacial score (nSPS) is 12.1. The Morgan fingerprint density at radius 1 is 1.30 bits per heavy atom. The molecule has 0 fully saturated rings. The van der Waals surface area contributed by atoms with E-state index >= 15 is 0 Å². The fourth-order valence-corrected chi connectivity index (χ4v) is 2.06. The van der Waals surface area contributed by atoms with Gasteiger partial charge in [0.1, 0.15) is 11.4 Å². The second-order valence-corrected chi connectivity index (χ2v) is 7.00. The molecule has 0 spiro atoms. The number of ether oxygens (including phenoxy) is 1. The average Bonchev–Trinajstić information content (AvgIpc) is 2.39. The number of aromatic hydroxyl groups is 1. The molecule has 8 heteroatoms. The summed E-state index contributed by atoms with van der Waals surface area (Å²) in [6.07, 6.45) is -0.887. The van der Waals surface area contributed by atoms with Crippen molar-refractivity contribution in [1.82, 2.24) is 10.6 Å². The van der Waals surface area contributed by atoms with Crippen molar-refractivity contribution in [1.29, 1.82) is 0 Å². The van der Waals surface area contributed by atoms with Crippen LogP contribution < -0.4 is 10.6 Å². The van der Waals surface area contributed by atoms with Crippen LogP contribution >= 0.6 is 15.9 Å². The molecule has 0 saturated carbocycles. The van der Waals surface area contributed by atoms with Gasteiger partial charge < -0.3 is 20.5 Å². The third kappa shape index (κ3) is 8.13. The summed E-state index contributed by atoms with van der Waals surface area (Å²) in [7, 11) is 0. The number of halogens is 3. The summed E-state index contributed by atoms with van der Waals surface area (Å²) in [5.74, 6) is -3.12. The number of hydrogen-bond acceptors (Lipinski definition) is 4. The van der Waals surface area contributed by atoms with Crippen LogP contribution in [-0.4, -0.2) is 35.8 Å². The Morgan fingerprint density at radius 2 is 1.96 bits per heavy atom. The number of nitrogens with one attached hydrogen (secondary N) is 2. The maximum Gasteiger partial charge on any atom is 0.407 e. The fourth-order valence-electron chi connectivity index (χ4n) is 1.65. The van der Waals surface area contributed by atoms with E-state index in [4.69, 9.17) is 4.74 Å². The number of alkyl halides is 2. The van der Waals surface area contributed by atoms with Gasteiger partial charge in [0.15, 0.2) is 0 Å². The molecule has 3 N–H and O–H groups in total. The van der Waals surface area contributed by atoms with Crippen LogP contribution in [0.4, 0.5) is 13.6 Å². The molecule has 5 nitrogen and oxygen atoms in total. The summed E-state index contributed by atoms with van der Waals surface area (Å²) in [6, 6.07) is 4.76. The number of benzene rings is 1. The van der Waals surface area contributed by atoms with Crippen molar-refractivity contribution in [3.05, 3.63) is 28.2 Å². The molecule has 0 radical (unpaired) electrons. The first kappa shape index (κ1) is 19.6. The lowest BCUT2D eigenvalue weighted by Crippen LogP contribution is -2.44. The van der Waals surface area contributed by atoms with E-state index in [0.717, 1.165) is 4.47 Å². The molecule has 0 aliphatic carbocycles. The Bertz CT molecular complexity index is 548. The van der Waals surface area contributed by atoms with Crippen molar-refractivity contribution >= 4 is 22.0 Å². The van der Waals surface area contributed by atoms with Crippen LogP contribution in [0.3, 0.4) is 0 Å². The summed E-state index contributed by atoms with van der Waals surface area (Å²) in [6.45, 7) is 3.55. The summed E-state index contributed by atoms with van der Waals surface area (Å²) in [5, 5.41) is 14.2. The average molecular weight is 395 g/mol. The third-order valence-corrected chi connectivity index (χ3v) is 3.12. The van der Waals surface area contributed by atoms with E-state index in [9.17, 15) is 18.7 Å². The highest BCUT2D eigenvalue weighted by Gasteiger charge is 2.30. The number of carbonyl (C=O) groups excluding carboxylic acids is 1. The molecule has 0 atom stereocenters. The highest BCUT2D eigenvalue weighted by molar-refractivity contribution is 9.10. The highest BCUT2D eigenvalue weighted by Crippen LogP contribution is 2.22. The predicted octanol–water partition coefficient (Wildman–Crippen LogP) is 3.40. The van der Waals surface area contributed by atoms with Crippen LogP contribution in [0.5, 0.6) is 5.75 Å². The molecule has 1 amide bonds. The van der Waals surface area contributed by atoms with Crippen LogP contribution in [0, 0.1) is 0 Å². The topological polar surface area (TPSA) is 70.6 Å². The van der Waals surface area contributed by atoms with E-state index in [1.807, 2.05) is 5.32 Å². The van der Waals surface area contributed by atoms with Crippen molar-refractivity contribution < 1.29 is 23.4 Å². The van der Waals surface area contributed by atoms with Crippen LogP contribution in [0.15, 0.2) is 22.7 Å². The van der Waals surface area contributed by atoms with Crippen LogP contribution in [-0.2, 0) is 11.3 Å². The molecular formula is C15H21BrF2N2O3. The summed E-state index contributed by atoms with van der Waals surface area (Å²) in [5.41, 5.74) is -0.245. The van der Waals surface area contributed by atoms with E-state index in [2.05, 4.69) is 21.2 Å². The van der Waals surface area contributed by atoms with Gasteiger partial charge in [-0.2, -0.15) is 0 Å². The molecule has 130 valence electrons. The summed E-state index contributed by atoms with van der Waals surface area (Å²) < 4.78 is 33.0. The van der Waals surface area contributed by atoms with Crippen LogP contribution in [0.25, 0.3) is 0 Å². The van der Waals surface area contributed by atoms with Gasteiger partial charge in [0, 0.05) is 16.6 Å². The Hall–Kier alpha value is -1.41. The molecule has 1 aromatic rings. The Labute approximate surface area is 142 Å². The van der Waals surface area contributed by atoms with Crippen molar-refractivity contribution in [3.63, 3.8) is 0 Å². The van der Waals surface area contributed by atoms with E-state index in [1.165, 1.54) is 6.07 Å². The van der Waals surface area contributed by atoms with Gasteiger partial charge in [0.2, 0.25) is 0 Å². The second-order valence-electron chi connectivity index (χ2n) is 6.09. The van der Waals surface area contributed by atoms with Gasteiger partial charge in [-0.1, -0.05) is 15.9 Å². The molecule has 23 heavy (non-hydrogen) atoms. The van der Waals surface area contributed by atoms with Gasteiger partial charge in [0.05, 0.1) is 13.1 Å². The SMILES string of the molecule is CC(C)(C)OC(=O)NCC(F)(F)CNCc1cc(Br)ccc1O. The van der Waals surface area contributed by atoms with Gasteiger partial charge in [-0.05, 0) is 39.0 Å². The van der Waals surface area contributed by atoms with Gasteiger partial charge in [-0.25, -0.2) is 13.6 Å². The largest absolute Gasteiger partial charge is 0.508 e. The van der Waals surface area contributed by atoms with Crippen LogP contribution in [0.2, 0.25) is 0 Å². The van der Waals surface area contributed by atoms with Crippen LogP contribution in [0.1, 0.15) is 26.3 Å². The Kier molecular flexibility index (Phi) is 6.76. The molecule has 0 saturated heterocycles.